The molecule has 0 amide bonds. The van der Waals surface area contributed by atoms with Gasteiger partial charge in [0.25, 0.3) is 0 Å². The smallest absolute Gasteiger partial charge is 0.0898 e. The summed E-state index contributed by atoms with van der Waals surface area (Å²) in [5.41, 5.74) is 3.95. The molecule has 0 fully saturated rings. The maximum absolute atomic E-state index is 5.54. The van der Waals surface area contributed by atoms with Gasteiger partial charge >= 0.3 is 0 Å². The molecule has 86 valence electrons. The van der Waals surface area contributed by atoms with Crippen molar-refractivity contribution in [2.45, 2.75) is 52.0 Å². The highest BCUT2D eigenvalue weighted by Gasteiger charge is 2.11. The minimum absolute atomic E-state index is 0.229. The molecule has 0 saturated carbocycles. The molecule has 0 bridgehead atoms. The number of unbranched alkanes of at least 4 members (excludes halogenated alkanes) is 3. The highest BCUT2D eigenvalue weighted by atomic mass is 32.1. The first-order chi connectivity index (χ1) is 7.27. The van der Waals surface area contributed by atoms with E-state index in [1.54, 1.807) is 11.3 Å². The van der Waals surface area contributed by atoms with E-state index in [9.17, 15) is 0 Å². The Balaban J connectivity index is 2.35. The molecular formula is C11H21N3S. The number of nitrogens with zero attached hydrogens (tertiary/aromatic N) is 1. The zero-order valence-electron chi connectivity index (χ0n) is 9.62. The van der Waals surface area contributed by atoms with Crippen molar-refractivity contribution in [2.75, 3.05) is 0 Å². The summed E-state index contributed by atoms with van der Waals surface area (Å²) in [6.45, 7) is 4.25. The average molecular weight is 227 g/mol. The topological polar surface area (TPSA) is 50.9 Å². The minimum atomic E-state index is 0.229. The van der Waals surface area contributed by atoms with Gasteiger partial charge in [0.05, 0.1) is 16.7 Å². The third kappa shape index (κ3) is 4.28. The first-order valence-electron chi connectivity index (χ1n) is 5.66. The lowest BCUT2D eigenvalue weighted by molar-refractivity contribution is 0.474. The van der Waals surface area contributed by atoms with Crippen LogP contribution >= 0.6 is 11.3 Å². The van der Waals surface area contributed by atoms with Crippen LogP contribution in [0.4, 0.5) is 0 Å². The van der Waals surface area contributed by atoms with Gasteiger partial charge in [0.2, 0.25) is 0 Å². The average Bonchev–Trinajstić information content (AvgIpc) is 2.65. The number of rotatable bonds is 7. The Bertz CT molecular complexity index is 273. The molecule has 1 aromatic heterocycles. The fourth-order valence-corrected chi connectivity index (χ4v) is 2.30. The van der Waals surface area contributed by atoms with E-state index in [4.69, 9.17) is 5.84 Å². The third-order valence-corrected chi connectivity index (χ3v) is 3.33. The molecule has 0 aromatic carbocycles. The van der Waals surface area contributed by atoms with Crippen molar-refractivity contribution in [3.8, 4) is 0 Å². The predicted octanol–water partition coefficient (Wildman–Crippen LogP) is 2.93. The second-order valence-electron chi connectivity index (χ2n) is 3.86. The molecule has 1 rings (SSSR count). The molecule has 0 aliphatic carbocycles. The van der Waals surface area contributed by atoms with E-state index in [0.29, 0.717) is 0 Å². The van der Waals surface area contributed by atoms with Gasteiger partial charge < -0.3 is 0 Å². The van der Waals surface area contributed by atoms with Gasteiger partial charge in [-0.3, -0.25) is 11.3 Å². The second-order valence-corrected chi connectivity index (χ2v) is 4.92. The molecule has 0 aliphatic rings. The Morgan fingerprint density at radius 1 is 1.47 bits per heavy atom. The molecule has 1 atom stereocenters. The van der Waals surface area contributed by atoms with Crippen LogP contribution in [-0.2, 0) is 0 Å². The van der Waals surface area contributed by atoms with Crippen molar-refractivity contribution >= 4 is 11.3 Å². The molecule has 3 nitrogen and oxygen atoms in total. The molecule has 0 saturated heterocycles. The normalized spacial score (nSPS) is 13.0. The number of nitrogens with one attached hydrogen (secondary N) is 1. The predicted molar refractivity (Wildman–Crippen MR) is 65.7 cm³/mol. The van der Waals surface area contributed by atoms with E-state index in [2.05, 4.69) is 22.7 Å². The summed E-state index contributed by atoms with van der Waals surface area (Å²) in [4.78, 5) is 4.46. The zero-order chi connectivity index (χ0) is 11.1. The van der Waals surface area contributed by atoms with Crippen molar-refractivity contribution in [3.63, 3.8) is 0 Å². The van der Waals surface area contributed by atoms with Crippen LogP contribution in [0.15, 0.2) is 5.38 Å². The van der Waals surface area contributed by atoms with Gasteiger partial charge in [0.1, 0.15) is 0 Å². The third-order valence-electron chi connectivity index (χ3n) is 2.54. The molecule has 1 aromatic rings. The molecule has 3 N–H and O–H groups in total. The minimum Gasteiger partial charge on any atom is -0.271 e. The standard InChI is InChI=1S/C11H21N3S/c1-3-4-5-6-7-10(14-12)11-8-15-9(2)13-11/h8,10,14H,3-7,12H2,1-2H3. The maximum Gasteiger partial charge on any atom is 0.0898 e. The van der Waals surface area contributed by atoms with Crippen LogP contribution in [0.3, 0.4) is 0 Å². The van der Waals surface area contributed by atoms with Crippen molar-refractivity contribution in [3.05, 3.63) is 16.1 Å². The lowest BCUT2D eigenvalue weighted by atomic mass is 10.1. The van der Waals surface area contributed by atoms with Crippen LogP contribution in [0.5, 0.6) is 0 Å². The number of aryl methyl sites for hydroxylation is 1. The largest absolute Gasteiger partial charge is 0.271 e. The first kappa shape index (κ1) is 12.6. The maximum atomic E-state index is 5.54. The number of hydrazine groups is 1. The number of hydrogen-bond donors (Lipinski definition) is 2. The van der Waals surface area contributed by atoms with E-state index < -0.39 is 0 Å². The Labute approximate surface area is 96.1 Å². The van der Waals surface area contributed by atoms with Crippen LogP contribution in [0.2, 0.25) is 0 Å². The number of aromatic nitrogens is 1. The Kier molecular flexibility index (Phi) is 5.83. The van der Waals surface area contributed by atoms with Crippen molar-refractivity contribution in [1.82, 2.24) is 10.4 Å². The van der Waals surface area contributed by atoms with Crippen LogP contribution < -0.4 is 11.3 Å². The molecule has 1 unspecified atom stereocenters. The molecule has 0 spiro atoms. The summed E-state index contributed by atoms with van der Waals surface area (Å²) in [5.74, 6) is 5.54. The van der Waals surface area contributed by atoms with E-state index in [1.165, 1.54) is 25.7 Å². The van der Waals surface area contributed by atoms with E-state index in [-0.39, 0.29) is 6.04 Å². The van der Waals surface area contributed by atoms with E-state index in [1.807, 2.05) is 6.92 Å². The highest BCUT2D eigenvalue weighted by molar-refractivity contribution is 7.09. The fourth-order valence-electron chi connectivity index (χ4n) is 1.63. The first-order valence-corrected chi connectivity index (χ1v) is 6.54. The number of nitrogens with two attached hydrogens (primary N) is 1. The summed E-state index contributed by atoms with van der Waals surface area (Å²) in [6, 6.07) is 0.229. The molecule has 15 heavy (non-hydrogen) atoms. The van der Waals surface area contributed by atoms with Gasteiger partial charge in [-0.2, -0.15) is 0 Å². The van der Waals surface area contributed by atoms with Crippen LogP contribution in [0, 0.1) is 6.92 Å². The summed E-state index contributed by atoms with van der Waals surface area (Å²) < 4.78 is 0. The lowest BCUT2D eigenvalue weighted by Gasteiger charge is -2.12. The molecular weight excluding hydrogens is 206 g/mol. The zero-order valence-corrected chi connectivity index (χ0v) is 10.4. The quantitative estimate of drug-likeness (QED) is 0.428. The van der Waals surface area contributed by atoms with Gasteiger partial charge in [-0.05, 0) is 13.3 Å². The number of thiazole rings is 1. The van der Waals surface area contributed by atoms with Crippen molar-refractivity contribution in [2.24, 2.45) is 5.84 Å². The van der Waals surface area contributed by atoms with Gasteiger partial charge in [-0.1, -0.05) is 32.6 Å². The lowest BCUT2D eigenvalue weighted by Crippen LogP contribution is -2.28. The van der Waals surface area contributed by atoms with Crippen molar-refractivity contribution in [1.29, 1.82) is 0 Å². The van der Waals surface area contributed by atoms with Gasteiger partial charge in [-0.25, -0.2) is 4.98 Å². The Morgan fingerprint density at radius 3 is 2.80 bits per heavy atom. The fraction of sp³-hybridized carbons (Fsp3) is 0.727. The van der Waals surface area contributed by atoms with Gasteiger partial charge in [0.15, 0.2) is 0 Å². The monoisotopic (exact) mass is 227 g/mol. The molecule has 1 heterocycles. The molecule has 0 aliphatic heterocycles. The van der Waals surface area contributed by atoms with Crippen molar-refractivity contribution < 1.29 is 0 Å². The Morgan fingerprint density at radius 2 is 2.27 bits per heavy atom. The highest BCUT2D eigenvalue weighted by Crippen LogP contribution is 2.21. The molecule has 4 heteroatoms. The number of hydrogen-bond acceptors (Lipinski definition) is 4. The summed E-state index contributed by atoms with van der Waals surface area (Å²) >= 11 is 1.69. The summed E-state index contributed by atoms with van der Waals surface area (Å²) in [5, 5.41) is 3.21. The van der Waals surface area contributed by atoms with E-state index >= 15 is 0 Å². The van der Waals surface area contributed by atoms with Crippen LogP contribution in [0.1, 0.15) is 55.8 Å². The molecule has 0 radical (unpaired) electrons. The van der Waals surface area contributed by atoms with Gasteiger partial charge in [-0.15, -0.1) is 11.3 Å². The Hall–Kier alpha value is -0.450. The van der Waals surface area contributed by atoms with Crippen LogP contribution in [0.25, 0.3) is 0 Å². The van der Waals surface area contributed by atoms with Crippen LogP contribution in [-0.4, -0.2) is 4.98 Å². The van der Waals surface area contributed by atoms with E-state index in [0.717, 1.165) is 17.1 Å². The summed E-state index contributed by atoms with van der Waals surface area (Å²) in [6.07, 6.45) is 6.18. The second kappa shape index (κ2) is 6.93. The summed E-state index contributed by atoms with van der Waals surface area (Å²) in [7, 11) is 0. The van der Waals surface area contributed by atoms with Gasteiger partial charge in [0, 0.05) is 5.38 Å². The SMILES string of the molecule is CCCCCCC(NN)c1csc(C)n1.